The fourth-order valence-electron chi connectivity index (χ4n) is 12.0. The Hall–Kier alpha value is -7.73. The number of hydrogen-bond acceptors (Lipinski definition) is 10. The number of nitrogens with zero attached hydrogens (tertiary/aromatic N) is 14. The third-order valence-electron chi connectivity index (χ3n) is 17.0. The molecule has 1 N–H and O–H groups in total. The van der Waals surface area contributed by atoms with E-state index in [-0.39, 0.29) is 23.9 Å². The van der Waals surface area contributed by atoms with Crippen LogP contribution in [0.5, 0.6) is 0 Å². The van der Waals surface area contributed by atoms with Crippen LogP contribution in [0.2, 0.25) is 0 Å². The molecule has 10 aromatic rings. The Labute approximate surface area is 487 Å². The van der Waals surface area contributed by atoms with Gasteiger partial charge in [0.15, 0.2) is 0 Å². The van der Waals surface area contributed by atoms with Crippen LogP contribution < -0.4 is 0 Å². The Bertz CT molecular complexity index is 3730. The summed E-state index contributed by atoms with van der Waals surface area (Å²) in [5.41, 5.74) is 11.1. The van der Waals surface area contributed by atoms with Gasteiger partial charge in [0.25, 0.3) is 0 Å². The summed E-state index contributed by atoms with van der Waals surface area (Å²) in [6.07, 6.45) is 3.37. The Morgan fingerprint density at radius 1 is 0.398 bits per heavy atom. The van der Waals surface area contributed by atoms with Crippen LogP contribution >= 0.6 is 0 Å². The number of aromatic nitrogens is 10. The maximum atomic E-state index is 12.0. The molecule has 0 atom stereocenters. The molecule has 5 aromatic carbocycles. The molecule has 0 unspecified atom stereocenters. The van der Waals surface area contributed by atoms with Crippen LogP contribution in [-0.4, -0.2) is 141 Å². The van der Waals surface area contributed by atoms with Gasteiger partial charge in [-0.15, -0.1) is 0 Å². The van der Waals surface area contributed by atoms with Crippen molar-refractivity contribution in [2.45, 2.75) is 164 Å². The fourth-order valence-corrected chi connectivity index (χ4v) is 12.0. The summed E-state index contributed by atoms with van der Waals surface area (Å²) < 4.78 is 8.77. The average molecular weight is 1120 g/mol. The van der Waals surface area contributed by atoms with E-state index in [1.807, 2.05) is 107 Å². The van der Waals surface area contributed by atoms with Crippen molar-refractivity contribution in [1.82, 2.24) is 72.7 Å². The lowest BCUT2D eigenvalue weighted by Crippen LogP contribution is -2.48. The predicted molar refractivity (Wildman–Crippen MR) is 332 cm³/mol. The SMILES string of the molecule is CC(C)N1CC(c2nc3ccccc3[nH]2)C1.CC(C)N1CCCc2nc3ccccc3n2C1.CC(C)N1CCc2nc3ccccc3n2C1.CC(C)N1Cc2nc3ccccc3n2CC1=O.CC(C)N1Cc2nc3ccccc3n2CC1=O. The van der Waals surface area contributed by atoms with Crippen molar-refractivity contribution in [3.8, 4) is 0 Å². The van der Waals surface area contributed by atoms with Gasteiger partial charge in [0, 0.05) is 75.1 Å². The van der Waals surface area contributed by atoms with Crippen molar-refractivity contribution in [2.75, 3.05) is 26.2 Å². The molecule has 5 aromatic heterocycles. The third kappa shape index (κ3) is 12.2. The molecule has 17 heteroatoms. The van der Waals surface area contributed by atoms with E-state index in [0.29, 0.717) is 50.2 Å². The van der Waals surface area contributed by atoms with Crippen molar-refractivity contribution < 1.29 is 9.59 Å². The highest BCUT2D eigenvalue weighted by Crippen LogP contribution is 2.29. The molecule has 2 amide bonds. The number of benzene rings is 5. The van der Waals surface area contributed by atoms with Crippen LogP contribution in [0.15, 0.2) is 121 Å². The second-order valence-electron chi connectivity index (χ2n) is 24.2. The van der Waals surface area contributed by atoms with Gasteiger partial charge in [-0.25, -0.2) is 24.9 Å². The number of para-hydroxylation sites is 10. The first-order valence-corrected chi connectivity index (χ1v) is 30.1. The molecule has 0 saturated carbocycles. The van der Waals surface area contributed by atoms with Gasteiger partial charge in [-0.3, -0.25) is 24.3 Å². The smallest absolute Gasteiger partial charge is 0.243 e. The highest BCUT2D eigenvalue weighted by Gasteiger charge is 2.32. The number of rotatable bonds is 6. The molecule has 434 valence electrons. The Balaban J connectivity index is 0.000000109. The third-order valence-corrected chi connectivity index (χ3v) is 17.0. The molecule has 0 aliphatic carbocycles. The minimum atomic E-state index is 0.177. The van der Waals surface area contributed by atoms with Gasteiger partial charge in [-0.1, -0.05) is 60.7 Å². The number of nitrogens with one attached hydrogen (secondary N) is 1. The van der Waals surface area contributed by atoms with E-state index in [1.54, 1.807) is 0 Å². The van der Waals surface area contributed by atoms with Gasteiger partial charge >= 0.3 is 0 Å². The van der Waals surface area contributed by atoms with E-state index in [2.05, 4.69) is 151 Å². The lowest BCUT2D eigenvalue weighted by molar-refractivity contribution is -0.136. The number of carbonyl (C=O) groups excluding carboxylic acids is 2. The van der Waals surface area contributed by atoms with E-state index < -0.39 is 0 Å². The van der Waals surface area contributed by atoms with Crippen LogP contribution in [0.25, 0.3) is 55.2 Å². The average Bonchev–Trinajstić information content (AvgIpc) is 4.48. The lowest BCUT2D eigenvalue weighted by atomic mass is 9.98. The van der Waals surface area contributed by atoms with Crippen molar-refractivity contribution >= 4 is 67.0 Å². The summed E-state index contributed by atoms with van der Waals surface area (Å²) in [4.78, 5) is 61.9. The second-order valence-corrected chi connectivity index (χ2v) is 24.2. The number of carbonyl (C=O) groups is 2. The molecule has 1 fully saturated rings. The number of aryl methyl sites for hydroxylation is 1. The molecule has 0 spiro atoms. The summed E-state index contributed by atoms with van der Waals surface area (Å²) in [7, 11) is 0. The number of imidazole rings is 5. The highest BCUT2D eigenvalue weighted by atomic mass is 16.2. The van der Waals surface area contributed by atoms with E-state index in [9.17, 15) is 9.59 Å². The second kappa shape index (κ2) is 24.6. The largest absolute Gasteiger partial charge is 0.342 e. The van der Waals surface area contributed by atoms with Crippen LogP contribution in [0.1, 0.15) is 111 Å². The molecule has 5 aliphatic heterocycles. The van der Waals surface area contributed by atoms with Gasteiger partial charge in [0.05, 0.1) is 81.6 Å². The number of aromatic amines is 1. The Morgan fingerprint density at radius 3 is 1.22 bits per heavy atom. The molecule has 17 nitrogen and oxygen atoms in total. The predicted octanol–water partition coefficient (Wildman–Crippen LogP) is 10.9. The molecule has 10 heterocycles. The Morgan fingerprint density at radius 2 is 0.783 bits per heavy atom. The molecule has 1 saturated heterocycles. The van der Waals surface area contributed by atoms with Gasteiger partial charge in [0.2, 0.25) is 11.8 Å². The molecule has 0 bridgehead atoms. The van der Waals surface area contributed by atoms with E-state index in [0.717, 1.165) is 107 Å². The molecular weight excluding hydrogens is 1030 g/mol. The monoisotopic (exact) mass is 1120 g/mol. The van der Waals surface area contributed by atoms with Crippen molar-refractivity contribution in [3.63, 3.8) is 0 Å². The molecule has 0 radical (unpaired) electrons. The summed E-state index contributed by atoms with van der Waals surface area (Å²) >= 11 is 0. The standard InChI is InChI=1S/C14H19N3.2C13H15N3O.2C13H17N3/c1-11(2)16-9-5-8-14-15-12-6-3-4-7-13(12)17(14)10-16;2*1-9(2)15-7-12-14-10-5-3-4-6-11(10)16(12)8-13(15)17;1-9(2)16-7-10(8-16)13-14-11-5-3-4-6-12(11)15-13;1-10(2)15-8-7-13-14-11-5-3-4-6-12(11)16(13)9-15/h3-4,6-7,11H,5,8-10H2,1-2H3;2*3-6,9H,7-8H2,1-2H3;3-6,9-10H,7-8H2,1-2H3,(H,14,15);3-6,10H,7-9H2,1-2H3. The van der Waals surface area contributed by atoms with E-state index >= 15 is 0 Å². The Kier molecular flexibility index (Phi) is 16.9. The van der Waals surface area contributed by atoms with Crippen LogP contribution in [0, 0.1) is 0 Å². The first-order valence-electron chi connectivity index (χ1n) is 30.1. The summed E-state index contributed by atoms with van der Waals surface area (Å²) in [6, 6.07) is 43.3. The quantitative estimate of drug-likeness (QED) is 0.170. The fraction of sp³-hybridized carbons (Fsp3) is 0.439. The van der Waals surface area contributed by atoms with Crippen molar-refractivity contribution in [3.05, 3.63) is 150 Å². The van der Waals surface area contributed by atoms with E-state index in [1.165, 1.54) is 35.6 Å². The summed E-state index contributed by atoms with van der Waals surface area (Å²) in [5.74, 6) is 6.55. The van der Waals surface area contributed by atoms with Crippen LogP contribution in [0.3, 0.4) is 0 Å². The maximum Gasteiger partial charge on any atom is 0.243 e. The zero-order chi connectivity index (χ0) is 58.1. The molecule has 15 rings (SSSR count). The minimum absolute atomic E-state index is 0.177. The number of likely N-dealkylation sites (tertiary alicyclic amines) is 1. The normalized spacial score (nSPS) is 16.8. The van der Waals surface area contributed by atoms with Gasteiger partial charge in [-0.2, -0.15) is 0 Å². The number of amides is 2. The maximum absolute atomic E-state index is 12.0. The zero-order valence-electron chi connectivity index (χ0n) is 50.3. The van der Waals surface area contributed by atoms with Crippen molar-refractivity contribution in [2.24, 2.45) is 0 Å². The van der Waals surface area contributed by atoms with Gasteiger partial charge in [0.1, 0.15) is 42.2 Å². The first-order chi connectivity index (χ1) is 40.1. The topological polar surface area (TPSA) is 150 Å². The number of fused-ring (bicyclic) bond motifs is 13. The summed E-state index contributed by atoms with van der Waals surface area (Å²) in [5, 5.41) is 0. The lowest BCUT2D eigenvalue weighted by Gasteiger charge is -2.41. The van der Waals surface area contributed by atoms with Gasteiger partial charge < -0.3 is 33.1 Å². The van der Waals surface area contributed by atoms with E-state index in [4.69, 9.17) is 4.98 Å². The molecule has 5 aliphatic rings. The van der Waals surface area contributed by atoms with Crippen LogP contribution in [0.4, 0.5) is 0 Å². The number of hydrogen-bond donors (Lipinski definition) is 1. The highest BCUT2D eigenvalue weighted by molar-refractivity contribution is 5.84. The van der Waals surface area contributed by atoms with Gasteiger partial charge in [-0.05, 0) is 136 Å². The molecule has 83 heavy (non-hydrogen) atoms. The van der Waals surface area contributed by atoms with Crippen molar-refractivity contribution in [1.29, 1.82) is 0 Å². The van der Waals surface area contributed by atoms with Crippen LogP contribution in [-0.2, 0) is 61.9 Å². The number of H-pyrrole nitrogens is 1. The minimum Gasteiger partial charge on any atom is -0.342 e. The molecular formula is C66H83N15O2. The first kappa shape index (κ1) is 57.1. The zero-order valence-corrected chi connectivity index (χ0v) is 50.3. The summed E-state index contributed by atoms with van der Waals surface area (Å²) in [6.45, 7) is 30.3.